The summed E-state index contributed by atoms with van der Waals surface area (Å²) in [6.07, 6.45) is -4.40. The first-order valence-electron chi connectivity index (χ1n) is 6.76. The highest BCUT2D eigenvalue weighted by Crippen LogP contribution is 2.29. The van der Waals surface area contributed by atoms with Crippen LogP contribution in [0.25, 0.3) is 0 Å². The Morgan fingerprint density at radius 3 is 1.95 bits per heavy atom. The molecule has 1 aromatic carbocycles. The first kappa shape index (κ1) is 16.1. The Morgan fingerprint density at radius 1 is 1.00 bits per heavy atom. The lowest BCUT2D eigenvalue weighted by Crippen LogP contribution is -2.51. The van der Waals surface area contributed by atoms with Gasteiger partial charge in [-0.05, 0) is 24.3 Å². The molecule has 0 saturated carbocycles. The molecule has 2 rings (SSSR count). The van der Waals surface area contributed by atoms with Crippen LogP contribution in [0.5, 0.6) is 0 Å². The molecular formula is C14H16F3N3O2. The molecule has 0 aliphatic carbocycles. The number of carbonyl (C=O) groups is 2. The predicted molar refractivity (Wildman–Crippen MR) is 74.3 cm³/mol. The van der Waals surface area contributed by atoms with E-state index in [9.17, 15) is 22.8 Å². The number of amides is 3. The highest BCUT2D eigenvalue weighted by Gasteiger charge is 2.30. The average Bonchev–Trinajstić information content (AvgIpc) is 2.47. The fourth-order valence-corrected chi connectivity index (χ4v) is 2.17. The molecule has 1 aliphatic heterocycles. The molecule has 120 valence electrons. The number of alkyl halides is 3. The molecule has 8 heteroatoms. The molecule has 0 unspecified atom stereocenters. The molecule has 0 spiro atoms. The van der Waals surface area contributed by atoms with Crippen molar-refractivity contribution < 1.29 is 22.8 Å². The van der Waals surface area contributed by atoms with Crippen LogP contribution >= 0.6 is 0 Å². The van der Waals surface area contributed by atoms with Crippen molar-refractivity contribution in [2.24, 2.45) is 0 Å². The number of rotatable bonds is 1. The molecule has 1 aromatic rings. The number of urea groups is 1. The minimum Gasteiger partial charge on any atom is -0.339 e. The van der Waals surface area contributed by atoms with E-state index in [2.05, 4.69) is 5.32 Å². The maximum Gasteiger partial charge on any atom is 0.416 e. The van der Waals surface area contributed by atoms with Crippen LogP contribution in [0.2, 0.25) is 0 Å². The summed E-state index contributed by atoms with van der Waals surface area (Å²) in [6.45, 7) is 3.17. The Kier molecular flexibility index (Phi) is 4.58. The van der Waals surface area contributed by atoms with Crippen LogP contribution < -0.4 is 5.32 Å². The van der Waals surface area contributed by atoms with Crippen LogP contribution in [0.3, 0.4) is 0 Å². The van der Waals surface area contributed by atoms with Crippen molar-refractivity contribution in [2.45, 2.75) is 13.1 Å². The highest BCUT2D eigenvalue weighted by atomic mass is 19.4. The number of benzene rings is 1. The molecule has 1 aliphatic rings. The average molecular weight is 315 g/mol. The number of hydrogen-bond donors (Lipinski definition) is 1. The SMILES string of the molecule is CC(=O)N1CCN(C(=O)Nc2ccc(C(F)(F)F)cc2)CC1. The van der Waals surface area contributed by atoms with Gasteiger partial charge in [-0.15, -0.1) is 0 Å². The monoisotopic (exact) mass is 315 g/mol. The van der Waals surface area contributed by atoms with Crippen molar-refractivity contribution in [3.05, 3.63) is 29.8 Å². The van der Waals surface area contributed by atoms with Crippen LogP contribution in [0.1, 0.15) is 12.5 Å². The quantitative estimate of drug-likeness (QED) is 0.865. The zero-order chi connectivity index (χ0) is 16.3. The van der Waals surface area contributed by atoms with Gasteiger partial charge >= 0.3 is 12.2 Å². The molecule has 0 atom stereocenters. The number of hydrogen-bond acceptors (Lipinski definition) is 2. The van der Waals surface area contributed by atoms with Gasteiger partial charge in [0.25, 0.3) is 0 Å². The molecule has 0 aromatic heterocycles. The van der Waals surface area contributed by atoms with Crippen LogP contribution in [0, 0.1) is 0 Å². The Labute approximate surface area is 125 Å². The van der Waals surface area contributed by atoms with E-state index in [1.165, 1.54) is 24.0 Å². The van der Waals surface area contributed by atoms with E-state index in [-0.39, 0.29) is 11.9 Å². The largest absolute Gasteiger partial charge is 0.416 e. The third kappa shape index (κ3) is 3.90. The Hall–Kier alpha value is -2.25. The topological polar surface area (TPSA) is 52.7 Å². The van der Waals surface area contributed by atoms with Gasteiger partial charge in [-0.25, -0.2) is 4.79 Å². The summed E-state index contributed by atoms with van der Waals surface area (Å²) in [5.41, 5.74) is -0.465. The Morgan fingerprint density at radius 2 is 1.50 bits per heavy atom. The summed E-state index contributed by atoms with van der Waals surface area (Å²) in [4.78, 5) is 26.4. The van der Waals surface area contributed by atoms with E-state index in [0.717, 1.165) is 12.1 Å². The van der Waals surface area contributed by atoms with Gasteiger partial charge in [-0.3, -0.25) is 4.79 Å². The molecule has 1 saturated heterocycles. The van der Waals surface area contributed by atoms with Gasteiger partial charge in [0.15, 0.2) is 0 Å². The van der Waals surface area contributed by atoms with Crippen molar-refractivity contribution in [3.8, 4) is 0 Å². The number of piperazine rings is 1. The molecule has 1 fully saturated rings. The molecule has 3 amide bonds. The Bertz CT molecular complexity index is 549. The van der Waals surface area contributed by atoms with E-state index < -0.39 is 11.7 Å². The van der Waals surface area contributed by atoms with Crippen LogP contribution in [0.15, 0.2) is 24.3 Å². The van der Waals surface area contributed by atoms with Crippen LogP contribution in [-0.4, -0.2) is 47.9 Å². The summed E-state index contributed by atoms with van der Waals surface area (Å²) in [6, 6.07) is 3.88. The highest BCUT2D eigenvalue weighted by molar-refractivity contribution is 5.89. The molecule has 5 nitrogen and oxygen atoms in total. The number of halogens is 3. The second-order valence-corrected chi connectivity index (χ2v) is 5.00. The summed E-state index contributed by atoms with van der Waals surface area (Å²) in [5, 5.41) is 2.55. The van der Waals surface area contributed by atoms with Crippen molar-refractivity contribution in [2.75, 3.05) is 31.5 Å². The third-order valence-corrected chi connectivity index (χ3v) is 3.48. The normalized spacial score (nSPS) is 15.6. The first-order valence-corrected chi connectivity index (χ1v) is 6.76. The van der Waals surface area contributed by atoms with Crippen molar-refractivity contribution in [1.82, 2.24) is 9.80 Å². The van der Waals surface area contributed by atoms with E-state index in [1.54, 1.807) is 4.90 Å². The van der Waals surface area contributed by atoms with Crippen LogP contribution in [0.4, 0.5) is 23.7 Å². The lowest BCUT2D eigenvalue weighted by molar-refractivity contribution is -0.137. The lowest BCUT2D eigenvalue weighted by Gasteiger charge is -2.34. The van der Waals surface area contributed by atoms with Crippen LogP contribution in [-0.2, 0) is 11.0 Å². The van der Waals surface area contributed by atoms with Gasteiger partial charge in [-0.1, -0.05) is 0 Å². The van der Waals surface area contributed by atoms with Gasteiger partial charge in [0, 0.05) is 38.8 Å². The van der Waals surface area contributed by atoms with Gasteiger partial charge in [0.1, 0.15) is 0 Å². The van der Waals surface area contributed by atoms with E-state index in [1.807, 2.05) is 0 Å². The second kappa shape index (κ2) is 6.25. The maximum absolute atomic E-state index is 12.4. The summed E-state index contributed by atoms with van der Waals surface area (Å²) < 4.78 is 37.3. The summed E-state index contributed by atoms with van der Waals surface area (Å²) in [7, 11) is 0. The van der Waals surface area contributed by atoms with Gasteiger partial charge in [-0.2, -0.15) is 13.2 Å². The number of anilines is 1. The fourth-order valence-electron chi connectivity index (χ4n) is 2.17. The van der Waals surface area contributed by atoms with Crippen molar-refractivity contribution in [3.63, 3.8) is 0 Å². The minimum atomic E-state index is -4.40. The van der Waals surface area contributed by atoms with E-state index >= 15 is 0 Å². The fraction of sp³-hybridized carbons (Fsp3) is 0.429. The molecule has 0 bridgehead atoms. The second-order valence-electron chi connectivity index (χ2n) is 5.00. The van der Waals surface area contributed by atoms with E-state index in [4.69, 9.17) is 0 Å². The minimum absolute atomic E-state index is 0.0391. The number of nitrogens with one attached hydrogen (secondary N) is 1. The van der Waals surface area contributed by atoms with Crippen molar-refractivity contribution >= 4 is 17.6 Å². The standard InChI is InChI=1S/C14H16F3N3O2/c1-10(21)19-6-8-20(9-7-19)13(22)18-12-4-2-11(3-5-12)14(15,16)17/h2-5H,6-9H2,1H3,(H,18,22). The molecule has 1 N–H and O–H groups in total. The molecular weight excluding hydrogens is 299 g/mol. The zero-order valence-electron chi connectivity index (χ0n) is 12.0. The van der Waals surface area contributed by atoms with Crippen molar-refractivity contribution in [1.29, 1.82) is 0 Å². The van der Waals surface area contributed by atoms with E-state index in [0.29, 0.717) is 31.9 Å². The maximum atomic E-state index is 12.4. The molecule has 0 radical (unpaired) electrons. The first-order chi connectivity index (χ1) is 10.3. The van der Waals surface area contributed by atoms with Gasteiger partial charge in [0.2, 0.25) is 5.91 Å². The predicted octanol–water partition coefficient (Wildman–Crippen LogP) is 2.40. The molecule has 1 heterocycles. The number of carbonyl (C=O) groups excluding carboxylic acids is 2. The number of nitrogens with zero attached hydrogens (tertiary/aromatic N) is 2. The third-order valence-electron chi connectivity index (χ3n) is 3.48. The smallest absolute Gasteiger partial charge is 0.339 e. The summed E-state index contributed by atoms with van der Waals surface area (Å²) in [5.74, 6) is -0.0391. The zero-order valence-corrected chi connectivity index (χ0v) is 12.0. The van der Waals surface area contributed by atoms with Gasteiger partial charge < -0.3 is 15.1 Å². The Balaban J connectivity index is 1.91. The van der Waals surface area contributed by atoms with Gasteiger partial charge in [0.05, 0.1) is 5.56 Å². The lowest BCUT2D eigenvalue weighted by atomic mass is 10.2. The molecule has 22 heavy (non-hydrogen) atoms. The summed E-state index contributed by atoms with van der Waals surface area (Å²) >= 11 is 0.